The Labute approximate surface area is 137 Å². The number of ether oxygens (including phenoxy) is 1. The van der Waals surface area contributed by atoms with E-state index in [2.05, 4.69) is 20.2 Å². The maximum atomic E-state index is 11.7. The summed E-state index contributed by atoms with van der Waals surface area (Å²) in [6.07, 6.45) is 1.45. The molecule has 0 radical (unpaired) electrons. The fourth-order valence-corrected chi connectivity index (χ4v) is 1.33. The first kappa shape index (κ1) is 16.4. The standard InChI is InChI=1S/C12H12N4O3.Na/c1-2-19-12(18)10-11(17)16(15-14-10)13-8-9-6-4-3-5-7-9;/h3-8,17H,2H2,1H3;/q;+1/p-1. The molecule has 1 heterocycles. The Bertz CT molecular complexity index is 598. The molecule has 0 fully saturated rings. The van der Waals surface area contributed by atoms with E-state index in [0.717, 1.165) is 10.4 Å². The fraction of sp³-hybridized carbons (Fsp3) is 0.167. The van der Waals surface area contributed by atoms with Crippen LogP contribution in [0.2, 0.25) is 0 Å². The van der Waals surface area contributed by atoms with Crippen molar-refractivity contribution < 1.29 is 44.2 Å². The predicted molar refractivity (Wildman–Crippen MR) is 64.9 cm³/mol. The third-order valence-electron chi connectivity index (χ3n) is 2.20. The van der Waals surface area contributed by atoms with Gasteiger partial charge in [-0.15, -0.1) is 9.89 Å². The van der Waals surface area contributed by atoms with Crippen LogP contribution in [0.4, 0.5) is 0 Å². The van der Waals surface area contributed by atoms with E-state index in [-0.39, 0.29) is 41.9 Å². The molecule has 0 unspecified atom stereocenters. The molecule has 1 aromatic heterocycles. The quantitative estimate of drug-likeness (QED) is 0.349. The van der Waals surface area contributed by atoms with Gasteiger partial charge in [-0.25, -0.2) is 4.79 Å². The van der Waals surface area contributed by atoms with Crippen LogP contribution in [0.3, 0.4) is 0 Å². The van der Waals surface area contributed by atoms with Gasteiger partial charge in [0.25, 0.3) is 0 Å². The smallest absolute Gasteiger partial charge is 0.856 e. The zero-order valence-corrected chi connectivity index (χ0v) is 13.2. The van der Waals surface area contributed by atoms with E-state index >= 15 is 0 Å². The van der Waals surface area contributed by atoms with Crippen molar-refractivity contribution in [3.8, 4) is 5.88 Å². The zero-order valence-electron chi connectivity index (χ0n) is 11.2. The van der Waals surface area contributed by atoms with E-state index in [9.17, 15) is 9.90 Å². The molecule has 0 aliphatic carbocycles. The fourth-order valence-electron chi connectivity index (χ4n) is 1.33. The van der Waals surface area contributed by atoms with E-state index in [1.165, 1.54) is 6.21 Å². The summed E-state index contributed by atoms with van der Waals surface area (Å²) in [7, 11) is 0. The molecular formula is C12H11N4NaO3. The molecule has 1 aromatic carbocycles. The van der Waals surface area contributed by atoms with Gasteiger partial charge in [0.2, 0.25) is 0 Å². The van der Waals surface area contributed by atoms with Gasteiger partial charge in [0.05, 0.1) is 12.8 Å². The van der Waals surface area contributed by atoms with E-state index in [4.69, 9.17) is 0 Å². The predicted octanol–water partition coefficient (Wildman–Crippen LogP) is -2.59. The average Bonchev–Trinajstić information content (AvgIpc) is 2.79. The summed E-state index contributed by atoms with van der Waals surface area (Å²) in [5.74, 6) is -1.50. The Morgan fingerprint density at radius 2 is 2.15 bits per heavy atom. The SMILES string of the molecule is CCOC(=O)c1nnn(N=Cc2ccccc2)c1[O-].[Na+]. The number of carbonyl (C=O) groups is 1. The van der Waals surface area contributed by atoms with Crippen LogP contribution < -0.4 is 34.7 Å². The van der Waals surface area contributed by atoms with E-state index in [1.807, 2.05) is 30.3 Å². The minimum Gasteiger partial charge on any atom is -0.856 e. The Morgan fingerprint density at radius 1 is 1.45 bits per heavy atom. The van der Waals surface area contributed by atoms with Crippen LogP contribution in [0.15, 0.2) is 35.4 Å². The summed E-state index contributed by atoms with van der Waals surface area (Å²) in [5, 5.41) is 22.5. The molecule has 98 valence electrons. The van der Waals surface area contributed by atoms with Crippen molar-refractivity contribution in [2.24, 2.45) is 5.10 Å². The second kappa shape index (κ2) is 7.78. The van der Waals surface area contributed by atoms with E-state index in [1.54, 1.807) is 6.92 Å². The number of benzene rings is 1. The van der Waals surface area contributed by atoms with Crippen LogP contribution in [-0.2, 0) is 4.74 Å². The zero-order chi connectivity index (χ0) is 13.7. The molecule has 0 N–H and O–H groups in total. The Kier molecular flexibility index (Phi) is 6.37. The van der Waals surface area contributed by atoms with Gasteiger partial charge >= 0.3 is 35.5 Å². The van der Waals surface area contributed by atoms with Gasteiger partial charge in [-0.2, -0.15) is 5.10 Å². The Balaban J connectivity index is 0.00000200. The third kappa shape index (κ3) is 3.89. The van der Waals surface area contributed by atoms with Crippen LogP contribution in [0, 0.1) is 0 Å². The molecule has 2 aromatic rings. The number of hydrogen-bond donors (Lipinski definition) is 0. The van der Waals surface area contributed by atoms with E-state index in [0.29, 0.717) is 0 Å². The monoisotopic (exact) mass is 282 g/mol. The first-order chi connectivity index (χ1) is 9.22. The second-order valence-electron chi connectivity index (χ2n) is 3.51. The molecule has 0 atom stereocenters. The van der Waals surface area contributed by atoms with Gasteiger partial charge < -0.3 is 9.84 Å². The van der Waals surface area contributed by atoms with Gasteiger partial charge in [0, 0.05) is 5.88 Å². The Hall–Kier alpha value is -1.70. The molecule has 8 heteroatoms. The molecule has 0 aliphatic rings. The number of aromatic nitrogens is 3. The molecule has 0 amide bonds. The van der Waals surface area contributed by atoms with Crippen LogP contribution in [0.5, 0.6) is 5.88 Å². The molecule has 0 saturated heterocycles. The first-order valence-corrected chi connectivity index (χ1v) is 5.61. The summed E-state index contributed by atoms with van der Waals surface area (Å²) in [4.78, 5) is 12.1. The molecule has 7 nitrogen and oxygen atoms in total. The molecule has 0 saturated carbocycles. The normalized spacial score (nSPS) is 10.2. The third-order valence-corrected chi connectivity index (χ3v) is 2.20. The average molecular weight is 282 g/mol. The second-order valence-corrected chi connectivity index (χ2v) is 3.51. The van der Waals surface area contributed by atoms with Gasteiger partial charge in [0.1, 0.15) is 0 Å². The number of hydrogen-bond acceptors (Lipinski definition) is 6. The van der Waals surface area contributed by atoms with Crippen molar-refractivity contribution in [2.45, 2.75) is 6.92 Å². The summed E-state index contributed by atoms with van der Waals surface area (Å²) in [5.41, 5.74) is 0.433. The van der Waals surface area contributed by atoms with Gasteiger partial charge in [-0.1, -0.05) is 30.3 Å². The molecule has 2 rings (SSSR count). The first-order valence-electron chi connectivity index (χ1n) is 5.61. The number of rotatable bonds is 4. The number of nitrogens with zero attached hydrogens (tertiary/aromatic N) is 4. The summed E-state index contributed by atoms with van der Waals surface area (Å²) < 4.78 is 4.68. The van der Waals surface area contributed by atoms with Crippen molar-refractivity contribution in [3.05, 3.63) is 41.6 Å². The van der Waals surface area contributed by atoms with Gasteiger partial charge in [-0.3, -0.25) is 0 Å². The molecule has 0 bridgehead atoms. The van der Waals surface area contributed by atoms with Crippen LogP contribution in [0.1, 0.15) is 23.0 Å². The minimum absolute atomic E-state index is 0. The van der Waals surface area contributed by atoms with Crippen LogP contribution >= 0.6 is 0 Å². The molecule has 0 spiro atoms. The van der Waals surface area contributed by atoms with Crippen molar-refractivity contribution in [2.75, 3.05) is 6.61 Å². The number of esters is 1. The van der Waals surface area contributed by atoms with Crippen molar-refractivity contribution in [1.82, 2.24) is 15.1 Å². The summed E-state index contributed by atoms with van der Waals surface area (Å²) in [6.45, 7) is 1.80. The Morgan fingerprint density at radius 3 is 2.80 bits per heavy atom. The summed E-state index contributed by atoms with van der Waals surface area (Å²) >= 11 is 0. The maximum absolute atomic E-state index is 11.7. The van der Waals surface area contributed by atoms with Gasteiger partial charge in [0.15, 0.2) is 5.69 Å². The van der Waals surface area contributed by atoms with Crippen LogP contribution in [0.25, 0.3) is 0 Å². The topological polar surface area (TPSA) is 92.4 Å². The maximum Gasteiger partial charge on any atom is 1.00 e. The van der Waals surface area contributed by atoms with Crippen molar-refractivity contribution >= 4 is 12.2 Å². The van der Waals surface area contributed by atoms with Crippen molar-refractivity contribution in [1.29, 1.82) is 0 Å². The van der Waals surface area contributed by atoms with Gasteiger partial charge in [-0.05, 0) is 17.7 Å². The minimum atomic E-state index is -0.798. The molecule has 0 aliphatic heterocycles. The molecular weight excluding hydrogens is 271 g/mol. The van der Waals surface area contributed by atoms with E-state index < -0.39 is 11.8 Å². The van der Waals surface area contributed by atoms with Crippen LogP contribution in [-0.4, -0.2) is 33.9 Å². The number of carbonyl (C=O) groups excluding carboxylic acids is 1. The van der Waals surface area contributed by atoms with Crippen molar-refractivity contribution in [3.63, 3.8) is 0 Å². The largest absolute Gasteiger partial charge is 1.00 e. The molecule has 20 heavy (non-hydrogen) atoms. The summed E-state index contributed by atoms with van der Waals surface area (Å²) in [6, 6.07) is 9.18.